The van der Waals surface area contributed by atoms with Gasteiger partial charge < -0.3 is 10.6 Å². The number of pyridine rings is 1. The highest BCUT2D eigenvalue weighted by Gasteiger charge is 2.35. The van der Waals surface area contributed by atoms with Gasteiger partial charge in [-0.3, -0.25) is 4.31 Å². The summed E-state index contributed by atoms with van der Waals surface area (Å²) in [5, 5.41) is 5.68. The minimum atomic E-state index is -4.64. The van der Waals surface area contributed by atoms with Crippen LogP contribution in [0.3, 0.4) is 0 Å². The second-order valence-electron chi connectivity index (χ2n) is 6.80. The number of anilines is 3. The Kier molecular flexibility index (Phi) is 5.82. The first-order valence-electron chi connectivity index (χ1n) is 8.88. The van der Waals surface area contributed by atoms with Gasteiger partial charge in [-0.1, -0.05) is 6.07 Å². The molecular weight excluding hydrogens is 409 g/mol. The van der Waals surface area contributed by atoms with Crippen molar-refractivity contribution in [2.24, 2.45) is 0 Å². The number of sulfonamides is 1. The van der Waals surface area contributed by atoms with Crippen LogP contribution in [0.15, 0.2) is 24.5 Å². The molecule has 8 nitrogen and oxygen atoms in total. The van der Waals surface area contributed by atoms with Gasteiger partial charge in [0.2, 0.25) is 16.0 Å². The maximum atomic E-state index is 13.4. The third-order valence-electron chi connectivity index (χ3n) is 4.64. The Bertz CT molecular complexity index is 979. The molecule has 0 aromatic carbocycles. The molecule has 0 aliphatic heterocycles. The van der Waals surface area contributed by atoms with Crippen molar-refractivity contribution in [1.29, 1.82) is 0 Å². The second-order valence-corrected chi connectivity index (χ2v) is 8.81. The maximum absolute atomic E-state index is 13.4. The molecule has 1 saturated carbocycles. The van der Waals surface area contributed by atoms with Crippen LogP contribution in [0.25, 0.3) is 0 Å². The summed E-state index contributed by atoms with van der Waals surface area (Å²) in [5.74, 6) is -0.145. The van der Waals surface area contributed by atoms with E-state index >= 15 is 0 Å². The lowest BCUT2D eigenvalue weighted by atomic mass is 9.93. The average Bonchev–Trinajstić information content (AvgIpc) is 2.61. The first kappa shape index (κ1) is 21.1. The second kappa shape index (κ2) is 8.01. The number of halogens is 3. The molecule has 2 aromatic rings. The van der Waals surface area contributed by atoms with E-state index in [-0.39, 0.29) is 30.2 Å². The van der Waals surface area contributed by atoms with Crippen molar-refractivity contribution in [2.75, 3.05) is 28.2 Å². The van der Waals surface area contributed by atoms with Gasteiger partial charge in [-0.05, 0) is 25.3 Å². The molecule has 0 unspecified atom stereocenters. The van der Waals surface area contributed by atoms with Crippen molar-refractivity contribution in [3.05, 3.63) is 35.7 Å². The molecule has 0 saturated heterocycles. The molecule has 0 amide bonds. The van der Waals surface area contributed by atoms with E-state index in [9.17, 15) is 21.6 Å². The Balaban J connectivity index is 1.87. The average molecular weight is 430 g/mol. The summed E-state index contributed by atoms with van der Waals surface area (Å²) < 4.78 is 64.7. The number of nitrogens with one attached hydrogen (secondary N) is 2. The van der Waals surface area contributed by atoms with Crippen molar-refractivity contribution in [3.8, 4) is 0 Å². The monoisotopic (exact) mass is 430 g/mol. The molecule has 0 atom stereocenters. The summed E-state index contributed by atoms with van der Waals surface area (Å²) in [5.41, 5.74) is -0.598. The zero-order valence-corrected chi connectivity index (χ0v) is 16.7. The first-order chi connectivity index (χ1) is 13.6. The fourth-order valence-corrected chi connectivity index (χ4v) is 3.20. The zero-order chi connectivity index (χ0) is 21.2. The topological polar surface area (TPSA) is 100 Å². The molecule has 12 heteroatoms. The lowest BCUT2D eigenvalue weighted by molar-refractivity contribution is -0.137. The van der Waals surface area contributed by atoms with Gasteiger partial charge >= 0.3 is 6.18 Å². The van der Waals surface area contributed by atoms with Crippen LogP contribution in [0.2, 0.25) is 0 Å². The van der Waals surface area contributed by atoms with Gasteiger partial charge in [0, 0.05) is 37.6 Å². The summed E-state index contributed by atoms with van der Waals surface area (Å²) >= 11 is 0. The van der Waals surface area contributed by atoms with Crippen LogP contribution in [0.5, 0.6) is 0 Å². The molecule has 158 valence electrons. The van der Waals surface area contributed by atoms with Gasteiger partial charge in [-0.2, -0.15) is 18.2 Å². The largest absolute Gasteiger partial charge is 0.421 e. The molecule has 2 N–H and O–H groups in total. The molecular formula is C17H21F3N6O2S. The minimum absolute atomic E-state index is 0.105. The highest BCUT2D eigenvalue weighted by Crippen LogP contribution is 2.34. The van der Waals surface area contributed by atoms with Crippen LogP contribution >= 0.6 is 0 Å². The summed E-state index contributed by atoms with van der Waals surface area (Å²) in [6.45, 7) is -0.105. The number of hydrogen-bond donors (Lipinski definition) is 2. The van der Waals surface area contributed by atoms with Crippen molar-refractivity contribution in [3.63, 3.8) is 0 Å². The minimum Gasteiger partial charge on any atom is -0.365 e. The van der Waals surface area contributed by atoms with Crippen LogP contribution in [0, 0.1) is 0 Å². The summed E-state index contributed by atoms with van der Waals surface area (Å²) in [4.78, 5) is 11.8. The van der Waals surface area contributed by atoms with E-state index in [0.29, 0.717) is 5.56 Å². The van der Waals surface area contributed by atoms with Gasteiger partial charge in [0.05, 0.1) is 6.26 Å². The Morgan fingerprint density at radius 1 is 1.28 bits per heavy atom. The van der Waals surface area contributed by atoms with Crippen LogP contribution < -0.4 is 14.9 Å². The van der Waals surface area contributed by atoms with Gasteiger partial charge in [0.25, 0.3) is 0 Å². The highest BCUT2D eigenvalue weighted by atomic mass is 32.2. The zero-order valence-electron chi connectivity index (χ0n) is 15.9. The normalized spacial score (nSPS) is 14.9. The number of alkyl halides is 3. The highest BCUT2D eigenvalue weighted by molar-refractivity contribution is 7.92. The van der Waals surface area contributed by atoms with Gasteiger partial charge in [0.1, 0.15) is 17.2 Å². The first-order valence-corrected chi connectivity index (χ1v) is 10.7. The van der Waals surface area contributed by atoms with Gasteiger partial charge in [-0.25, -0.2) is 18.4 Å². The predicted octanol–water partition coefficient (Wildman–Crippen LogP) is 2.86. The molecule has 2 heterocycles. The Morgan fingerprint density at radius 3 is 2.59 bits per heavy atom. The van der Waals surface area contributed by atoms with Crippen molar-refractivity contribution < 1.29 is 21.6 Å². The summed E-state index contributed by atoms with van der Waals surface area (Å²) in [7, 11) is -2.25. The Hall–Kier alpha value is -2.63. The fourth-order valence-electron chi connectivity index (χ4n) is 2.72. The molecule has 1 aliphatic carbocycles. The quantitative estimate of drug-likeness (QED) is 0.697. The van der Waals surface area contributed by atoms with Crippen molar-refractivity contribution in [2.45, 2.75) is 38.0 Å². The SMILES string of the molecule is CN(c1ncccc1CNc1nc(NC2CCC2)ncc1C(F)(F)F)S(C)(=O)=O. The summed E-state index contributed by atoms with van der Waals surface area (Å²) in [6.07, 6.45) is 1.42. The summed E-state index contributed by atoms with van der Waals surface area (Å²) in [6, 6.07) is 3.32. The third-order valence-corrected chi connectivity index (χ3v) is 5.81. The Morgan fingerprint density at radius 2 is 2.00 bits per heavy atom. The number of aromatic nitrogens is 3. The van der Waals surface area contributed by atoms with Crippen LogP contribution in [-0.4, -0.2) is 42.7 Å². The predicted molar refractivity (Wildman–Crippen MR) is 103 cm³/mol. The number of hydrogen-bond acceptors (Lipinski definition) is 7. The van der Waals surface area contributed by atoms with Crippen LogP contribution in [0.1, 0.15) is 30.4 Å². The lowest BCUT2D eigenvalue weighted by Gasteiger charge is -2.26. The van der Waals surface area contributed by atoms with E-state index in [0.717, 1.165) is 36.0 Å². The van der Waals surface area contributed by atoms with Crippen LogP contribution in [-0.2, 0) is 22.7 Å². The van der Waals surface area contributed by atoms with Crippen molar-refractivity contribution >= 4 is 27.6 Å². The molecule has 3 rings (SSSR count). The standard InChI is InChI=1S/C17H21F3N6O2S/c1-26(29(2,27)28)15-11(5-4-8-21-15)9-22-14-13(17(18,19)20)10-23-16(25-14)24-12-6-3-7-12/h4-5,8,10,12H,3,6-7,9H2,1-2H3,(H2,22,23,24,25). The Labute approximate surface area is 166 Å². The van der Waals surface area contributed by atoms with E-state index in [1.165, 1.54) is 13.2 Å². The fraction of sp³-hybridized carbons (Fsp3) is 0.471. The lowest BCUT2D eigenvalue weighted by Crippen LogP contribution is -2.28. The van der Waals surface area contributed by atoms with Gasteiger partial charge in [0.15, 0.2) is 0 Å². The molecule has 1 fully saturated rings. The smallest absolute Gasteiger partial charge is 0.365 e. The van der Waals surface area contributed by atoms with Crippen LogP contribution in [0.4, 0.5) is 30.8 Å². The van der Waals surface area contributed by atoms with E-state index in [1.54, 1.807) is 12.1 Å². The van der Waals surface area contributed by atoms with Gasteiger partial charge in [-0.15, -0.1) is 0 Å². The molecule has 29 heavy (non-hydrogen) atoms. The number of nitrogens with zero attached hydrogens (tertiary/aromatic N) is 4. The molecule has 0 radical (unpaired) electrons. The maximum Gasteiger partial charge on any atom is 0.421 e. The van der Waals surface area contributed by atoms with E-state index in [1.807, 2.05) is 0 Å². The molecule has 1 aliphatic rings. The van der Waals surface area contributed by atoms with E-state index < -0.39 is 21.8 Å². The molecule has 0 spiro atoms. The number of rotatable bonds is 7. The van der Waals surface area contributed by atoms with E-state index in [2.05, 4.69) is 25.6 Å². The van der Waals surface area contributed by atoms with E-state index in [4.69, 9.17) is 0 Å². The molecule has 0 bridgehead atoms. The van der Waals surface area contributed by atoms with Crippen molar-refractivity contribution in [1.82, 2.24) is 15.0 Å². The molecule has 2 aromatic heterocycles. The third kappa shape index (κ3) is 5.05.